The molecule has 6 nitrogen and oxygen atoms in total. The number of hydrogen-bond donors (Lipinski definition) is 2. The van der Waals surface area contributed by atoms with E-state index in [-0.39, 0.29) is 12.8 Å². The van der Waals surface area contributed by atoms with E-state index in [2.05, 4.69) is 4.74 Å². The Bertz CT molecular complexity index is 1170. The van der Waals surface area contributed by atoms with Crippen molar-refractivity contribution in [2.24, 2.45) is 22.7 Å². The third kappa shape index (κ3) is 10.4. The molecular formula is C28H35F19O6. The normalized spacial score (nSPS) is 20.7. The van der Waals surface area contributed by atoms with E-state index in [0.717, 1.165) is 0 Å². The number of alkyl halides is 19. The van der Waals surface area contributed by atoms with Crippen molar-refractivity contribution >= 4 is 11.9 Å². The standard InChI is InChI=1S/C18H22F12O4.C10H13F7O2/c1-4-12(2,3)11(31)34-10-6-8(13(32,15(19,20)21)16(22,23)24)5-9(7-10)14(33,17(25,26)27)18(28,29)30;1-4-7(2,3)6(18)19-5-8(11,12)9(13,14)10(15,16)17/h8-10,32-33H,4-7H2,1-3H3;4-5H2,1-3H3. The molecule has 0 spiro atoms. The summed E-state index contributed by atoms with van der Waals surface area (Å²) in [6, 6.07) is 0. The lowest BCUT2D eigenvalue weighted by molar-refractivity contribution is -0.405. The largest absolute Gasteiger partial charge is 0.462 e. The Labute approximate surface area is 288 Å². The van der Waals surface area contributed by atoms with E-state index in [9.17, 15) is 103 Å². The molecule has 316 valence electrons. The molecule has 0 saturated heterocycles. The highest BCUT2D eigenvalue weighted by atomic mass is 19.4. The minimum Gasteiger partial charge on any atom is -0.462 e. The molecule has 1 fully saturated rings. The first-order chi connectivity index (χ1) is 23.0. The van der Waals surface area contributed by atoms with Gasteiger partial charge in [-0.3, -0.25) is 9.59 Å². The molecule has 2 atom stereocenters. The lowest BCUT2D eigenvalue weighted by Crippen LogP contribution is -2.67. The predicted octanol–water partition coefficient (Wildman–Crippen LogP) is 9.26. The summed E-state index contributed by atoms with van der Waals surface area (Å²) in [5, 5.41) is 19.2. The summed E-state index contributed by atoms with van der Waals surface area (Å²) in [6.07, 6.45) is -40.3. The van der Waals surface area contributed by atoms with E-state index in [1.807, 2.05) is 0 Å². The average molecular weight is 829 g/mol. The zero-order chi connectivity index (χ0) is 43.0. The molecule has 1 aliphatic rings. The van der Waals surface area contributed by atoms with E-state index in [4.69, 9.17) is 4.74 Å². The van der Waals surface area contributed by atoms with Crippen LogP contribution < -0.4 is 0 Å². The summed E-state index contributed by atoms with van der Waals surface area (Å²) in [6.45, 7) is 5.56. The third-order valence-electron chi connectivity index (χ3n) is 8.92. The van der Waals surface area contributed by atoms with Crippen LogP contribution >= 0.6 is 0 Å². The van der Waals surface area contributed by atoms with Crippen molar-refractivity contribution in [3.05, 3.63) is 0 Å². The molecule has 2 unspecified atom stereocenters. The summed E-state index contributed by atoms with van der Waals surface area (Å²) in [4.78, 5) is 23.5. The fraction of sp³-hybridized carbons (Fsp3) is 0.929. The van der Waals surface area contributed by atoms with Crippen molar-refractivity contribution in [3.8, 4) is 0 Å². The van der Waals surface area contributed by atoms with Crippen LogP contribution in [-0.4, -0.2) is 88.8 Å². The van der Waals surface area contributed by atoms with Gasteiger partial charge >= 0.3 is 54.7 Å². The van der Waals surface area contributed by atoms with Crippen LogP contribution in [-0.2, 0) is 19.1 Å². The molecule has 0 heterocycles. The molecule has 0 bridgehead atoms. The first kappa shape index (κ1) is 50.5. The van der Waals surface area contributed by atoms with Gasteiger partial charge in [0.25, 0.3) is 11.2 Å². The molecule has 1 saturated carbocycles. The first-order valence-corrected chi connectivity index (χ1v) is 14.9. The van der Waals surface area contributed by atoms with Gasteiger partial charge in [0.15, 0.2) is 6.61 Å². The highest BCUT2D eigenvalue weighted by Crippen LogP contribution is 2.58. The van der Waals surface area contributed by atoms with E-state index in [0.29, 0.717) is 0 Å². The van der Waals surface area contributed by atoms with Gasteiger partial charge in [-0.15, -0.1) is 0 Å². The second kappa shape index (κ2) is 15.6. The van der Waals surface area contributed by atoms with Gasteiger partial charge in [-0.25, -0.2) is 0 Å². The Morgan fingerprint density at radius 3 is 1.09 bits per heavy atom. The van der Waals surface area contributed by atoms with Crippen molar-refractivity contribution in [1.82, 2.24) is 0 Å². The molecule has 1 rings (SSSR count). The van der Waals surface area contributed by atoms with Gasteiger partial charge in [0.1, 0.15) is 6.10 Å². The zero-order valence-electron chi connectivity index (χ0n) is 28.2. The van der Waals surface area contributed by atoms with E-state index >= 15 is 0 Å². The van der Waals surface area contributed by atoms with Crippen LogP contribution in [0.15, 0.2) is 0 Å². The topological polar surface area (TPSA) is 93.1 Å². The molecule has 2 N–H and O–H groups in total. The van der Waals surface area contributed by atoms with Crippen LogP contribution in [0.5, 0.6) is 0 Å². The van der Waals surface area contributed by atoms with Crippen LogP contribution in [0.2, 0.25) is 0 Å². The van der Waals surface area contributed by atoms with E-state index in [1.165, 1.54) is 41.5 Å². The summed E-state index contributed by atoms with van der Waals surface area (Å²) in [5.74, 6) is -21.1. The maximum Gasteiger partial charge on any atom is 0.460 e. The third-order valence-corrected chi connectivity index (χ3v) is 8.92. The van der Waals surface area contributed by atoms with Gasteiger partial charge in [-0.2, -0.15) is 83.4 Å². The molecule has 0 aromatic carbocycles. The summed E-state index contributed by atoms with van der Waals surface area (Å²) in [5.41, 5.74) is -14.2. The Morgan fingerprint density at radius 2 is 0.830 bits per heavy atom. The van der Waals surface area contributed by atoms with Crippen molar-refractivity contribution < 1.29 is 113 Å². The van der Waals surface area contributed by atoms with Gasteiger partial charge in [0.2, 0.25) is 0 Å². The minimum absolute atomic E-state index is 0.0184. The Hall–Kier alpha value is -2.47. The van der Waals surface area contributed by atoms with Crippen molar-refractivity contribution in [2.45, 2.75) is 134 Å². The van der Waals surface area contributed by atoms with Crippen molar-refractivity contribution in [2.75, 3.05) is 6.61 Å². The number of aliphatic hydroxyl groups is 2. The maximum absolute atomic E-state index is 13.3. The predicted molar refractivity (Wildman–Crippen MR) is 140 cm³/mol. The minimum atomic E-state index is -6.58. The van der Waals surface area contributed by atoms with Gasteiger partial charge in [0.05, 0.1) is 10.8 Å². The second-order valence-electron chi connectivity index (χ2n) is 13.5. The fourth-order valence-electron chi connectivity index (χ4n) is 4.54. The van der Waals surface area contributed by atoms with Crippen molar-refractivity contribution in [3.63, 3.8) is 0 Å². The smallest absolute Gasteiger partial charge is 0.460 e. The number of halogens is 19. The Balaban J connectivity index is 0.00000121. The summed E-state index contributed by atoms with van der Waals surface area (Å²) < 4.78 is 254. The van der Waals surface area contributed by atoms with Gasteiger partial charge in [-0.1, -0.05) is 13.8 Å². The highest BCUT2D eigenvalue weighted by Gasteiger charge is 2.78. The van der Waals surface area contributed by atoms with Crippen LogP contribution in [0.3, 0.4) is 0 Å². The molecule has 1 aliphatic carbocycles. The second-order valence-corrected chi connectivity index (χ2v) is 13.5. The molecular weight excluding hydrogens is 793 g/mol. The van der Waals surface area contributed by atoms with E-state index < -0.39 is 121 Å². The molecule has 0 radical (unpaired) electrons. The molecule has 0 amide bonds. The molecule has 0 aliphatic heterocycles. The summed E-state index contributed by atoms with van der Waals surface area (Å²) in [7, 11) is 0. The lowest BCUT2D eigenvalue weighted by Gasteiger charge is -2.48. The first-order valence-electron chi connectivity index (χ1n) is 14.9. The molecule has 53 heavy (non-hydrogen) atoms. The van der Waals surface area contributed by atoms with Gasteiger partial charge in [-0.05, 0) is 59.8 Å². The number of carbonyl (C=O) groups excluding carboxylic acids is 2. The quantitative estimate of drug-likeness (QED) is 0.169. The molecule has 25 heteroatoms. The van der Waals surface area contributed by atoms with Crippen LogP contribution in [0.4, 0.5) is 83.4 Å². The van der Waals surface area contributed by atoms with Crippen LogP contribution in [0, 0.1) is 22.7 Å². The van der Waals surface area contributed by atoms with Crippen LogP contribution in [0.1, 0.15) is 73.6 Å². The van der Waals surface area contributed by atoms with Crippen LogP contribution in [0.25, 0.3) is 0 Å². The van der Waals surface area contributed by atoms with Crippen molar-refractivity contribution in [1.29, 1.82) is 0 Å². The zero-order valence-corrected chi connectivity index (χ0v) is 28.2. The Kier molecular flexibility index (Phi) is 14.9. The SMILES string of the molecule is CCC(C)(C)C(=O)OC1CC(C(O)(C(F)(F)F)C(F)(F)F)CC(C(O)(C(F)(F)F)C(F)(F)F)C1.CCC(C)(C)C(=O)OCC(F)(F)C(F)(F)C(F)(F)F. The average Bonchev–Trinajstić information content (AvgIpc) is 2.95. The summed E-state index contributed by atoms with van der Waals surface area (Å²) >= 11 is 0. The number of hydrogen-bond acceptors (Lipinski definition) is 6. The Morgan fingerprint density at radius 1 is 0.528 bits per heavy atom. The number of esters is 2. The molecule has 0 aromatic heterocycles. The number of carbonyl (C=O) groups is 2. The highest BCUT2D eigenvalue weighted by molar-refractivity contribution is 5.76. The molecule has 0 aromatic rings. The van der Waals surface area contributed by atoms with Gasteiger partial charge in [0, 0.05) is 11.8 Å². The number of rotatable bonds is 10. The fourth-order valence-corrected chi connectivity index (χ4v) is 4.54. The maximum atomic E-state index is 13.3. The van der Waals surface area contributed by atoms with E-state index in [1.54, 1.807) is 0 Å². The lowest BCUT2D eigenvalue weighted by atomic mass is 9.65. The number of ether oxygens (including phenoxy) is 2. The monoisotopic (exact) mass is 828 g/mol. The van der Waals surface area contributed by atoms with Gasteiger partial charge < -0.3 is 19.7 Å².